The van der Waals surface area contributed by atoms with Crippen LogP contribution < -0.4 is 5.32 Å². The van der Waals surface area contributed by atoms with E-state index in [4.69, 9.17) is 0 Å². The van der Waals surface area contributed by atoms with Gasteiger partial charge in [0.2, 0.25) is 0 Å². The summed E-state index contributed by atoms with van der Waals surface area (Å²) in [4.78, 5) is 14.4. The van der Waals surface area contributed by atoms with Crippen LogP contribution in [0.2, 0.25) is 0 Å². The molecule has 6 nitrogen and oxygen atoms in total. The van der Waals surface area contributed by atoms with Crippen LogP contribution in [0.15, 0.2) is 16.9 Å². The summed E-state index contributed by atoms with van der Waals surface area (Å²) >= 11 is 3.27. The molecule has 1 saturated carbocycles. The van der Waals surface area contributed by atoms with Crippen molar-refractivity contribution in [1.29, 1.82) is 0 Å². The van der Waals surface area contributed by atoms with Crippen LogP contribution in [0.5, 0.6) is 0 Å². The van der Waals surface area contributed by atoms with E-state index in [-0.39, 0.29) is 5.69 Å². The van der Waals surface area contributed by atoms with Crippen molar-refractivity contribution in [3.8, 4) is 0 Å². The highest BCUT2D eigenvalue weighted by molar-refractivity contribution is 9.10. The van der Waals surface area contributed by atoms with Gasteiger partial charge in [0.25, 0.3) is 0 Å². The Kier molecular flexibility index (Phi) is 5.16. The van der Waals surface area contributed by atoms with Gasteiger partial charge in [0.1, 0.15) is 11.9 Å². The maximum Gasteiger partial charge on any atom is 0.311 e. The van der Waals surface area contributed by atoms with Crippen LogP contribution in [-0.2, 0) is 0 Å². The average molecular weight is 358 g/mol. The molecular weight excluding hydrogens is 338 g/mol. The first kappa shape index (κ1) is 16.2. The van der Waals surface area contributed by atoms with Crippen LogP contribution in [0, 0.1) is 16.0 Å². The van der Waals surface area contributed by atoms with Crippen LogP contribution in [0.25, 0.3) is 0 Å². The van der Waals surface area contributed by atoms with Gasteiger partial charge in [-0.15, -0.1) is 0 Å². The monoisotopic (exact) mass is 357 g/mol. The Morgan fingerprint density at radius 2 is 2.19 bits per heavy atom. The van der Waals surface area contributed by atoms with Gasteiger partial charge in [0, 0.05) is 12.7 Å². The zero-order chi connectivity index (χ0) is 15.5. The second-order valence-electron chi connectivity index (χ2n) is 5.70. The molecule has 0 atom stereocenters. The Morgan fingerprint density at radius 3 is 2.76 bits per heavy atom. The molecule has 1 aliphatic carbocycles. The van der Waals surface area contributed by atoms with Gasteiger partial charge in [-0.05, 0) is 47.5 Å². The molecule has 0 bridgehead atoms. The lowest BCUT2D eigenvalue weighted by atomic mass is 9.78. The molecular formula is C14H20BrN3O3. The third kappa shape index (κ3) is 3.91. The highest BCUT2D eigenvalue weighted by atomic mass is 79.9. The number of aromatic nitrogens is 1. The Labute approximate surface area is 132 Å². The summed E-state index contributed by atoms with van der Waals surface area (Å²) in [6.07, 6.45) is 7.34. The average Bonchev–Trinajstić information content (AvgIpc) is 2.46. The number of nitrogens with one attached hydrogen (secondary N) is 1. The van der Waals surface area contributed by atoms with Crippen LogP contribution in [0.4, 0.5) is 11.4 Å². The highest BCUT2D eigenvalue weighted by Crippen LogP contribution is 2.36. The Hall–Kier alpha value is -1.21. The van der Waals surface area contributed by atoms with E-state index < -0.39 is 10.5 Å². The Balaban J connectivity index is 2.05. The summed E-state index contributed by atoms with van der Waals surface area (Å²) in [7, 11) is 0. The smallest absolute Gasteiger partial charge is 0.311 e. The van der Waals surface area contributed by atoms with Crippen molar-refractivity contribution in [2.75, 3.05) is 11.9 Å². The fraction of sp³-hybridized carbons (Fsp3) is 0.643. The number of anilines is 1. The zero-order valence-electron chi connectivity index (χ0n) is 12.0. The predicted octanol–water partition coefficient (Wildman–Crippen LogP) is 3.50. The molecule has 0 radical (unpaired) electrons. The summed E-state index contributed by atoms with van der Waals surface area (Å²) in [5, 5.41) is 24.7. The SMILES string of the molecule is CCC1CCC(O)(CNc2c(Br)cncc2[N+](=O)[O-])CC1. The first-order chi connectivity index (χ1) is 9.95. The van der Waals surface area contributed by atoms with E-state index in [0.29, 0.717) is 22.6 Å². The zero-order valence-corrected chi connectivity index (χ0v) is 13.6. The predicted molar refractivity (Wildman–Crippen MR) is 84.3 cm³/mol. The largest absolute Gasteiger partial charge is 0.388 e. The molecule has 0 amide bonds. The van der Waals surface area contributed by atoms with Crippen molar-refractivity contribution in [1.82, 2.24) is 4.98 Å². The summed E-state index contributed by atoms with van der Waals surface area (Å²) in [5.41, 5.74) is -0.501. The van der Waals surface area contributed by atoms with Gasteiger partial charge in [-0.1, -0.05) is 13.3 Å². The van der Waals surface area contributed by atoms with Crippen molar-refractivity contribution >= 4 is 27.3 Å². The molecule has 1 aromatic rings. The molecule has 21 heavy (non-hydrogen) atoms. The minimum atomic E-state index is -0.789. The first-order valence-electron chi connectivity index (χ1n) is 7.19. The molecule has 0 unspecified atom stereocenters. The van der Waals surface area contributed by atoms with Crippen molar-refractivity contribution < 1.29 is 10.0 Å². The minimum absolute atomic E-state index is 0.0878. The summed E-state index contributed by atoms with van der Waals surface area (Å²) < 4.78 is 0.530. The van der Waals surface area contributed by atoms with E-state index in [1.54, 1.807) is 0 Å². The molecule has 1 aromatic heterocycles. The third-order valence-corrected chi connectivity index (χ3v) is 4.89. The maximum atomic E-state index is 11.0. The molecule has 0 aromatic carbocycles. The maximum absolute atomic E-state index is 11.0. The summed E-state index contributed by atoms with van der Waals surface area (Å²) in [6, 6.07) is 0. The molecule has 2 N–H and O–H groups in total. The van der Waals surface area contributed by atoms with Gasteiger partial charge in [-0.3, -0.25) is 15.1 Å². The molecule has 0 spiro atoms. The normalized spacial score (nSPS) is 25.6. The van der Waals surface area contributed by atoms with Gasteiger partial charge in [-0.2, -0.15) is 0 Å². The van der Waals surface area contributed by atoms with Gasteiger partial charge in [-0.25, -0.2) is 0 Å². The molecule has 2 rings (SSSR count). The van der Waals surface area contributed by atoms with E-state index in [2.05, 4.69) is 33.2 Å². The quantitative estimate of drug-likeness (QED) is 0.621. The molecule has 7 heteroatoms. The van der Waals surface area contributed by atoms with Gasteiger partial charge in [0.15, 0.2) is 0 Å². The Morgan fingerprint density at radius 1 is 1.52 bits per heavy atom. The second-order valence-corrected chi connectivity index (χ2v) is 6.56. The highest BCUT2D eigenvalue weighted by Gasteiger charge is 2.33. The number of nitrogens with zero attached hydrogens (tertiary/aromatic N) is 2. The topological polar surface area (TPSA) is 88.3 Å². The number of rotatable bonds is 5. The van der Waals surface area contributed by atoms with E-state index in [1.165, 1.54) is 12.4 Å². The number of hydrogen-bond acceptors (Lipinski definition) is 5. The summed E-state index contributed by atoms with van der Waals surface area (Å²) in [6.45, 7) is 2.48. The van der Waals surface area contributed by atoms with E-state index in [0.717, 1.165) is 32.1 Å². The van der Waals surface area contributed by atoms with Crippen molar-refractivity contribution in [3.63, 3.8) is 0 Å². The van der Waals surface area contributed by atoms with Crippen molar-refractivity contribution in [2.24, 2.45) is 5.92 Å². The van der Waals surface area contributed by atoms with Crippen molar-refractivity contribution in [3.05, 3.63) is 27.0 Å². The molecule has 0 aliphatic heterocycles. The van der Waals surface area contributed by atoms with Crippen LogP contribution in [0.1, 0.15) is 39.0 Å². The molecule has 1 aliphatic rings. The standard InChI is InChI=1S/C14H20BrN3O3/c1-2-10-3-5-14(19,6-4-10)9-17-13-11(15)7-16-8-12(13)18(20)21/h7-8,10,19H,2-6,9H2,1H3,(H,16,17). The van der Waals surface area contributed by atoms with E-state index in [9.17, 15) is 15.2 Å². The molecule has 1 heterocycles. The van der Waals surface area contributed by atoms with Crippen molar-refractivity contribution in [2.45, 2.75) is 44.6 Å². The number of hydrogen-bond donors (Lipinski definition) is 2. The Bertz CT molecular complexity index is 516. The fourth-order valence-corrected chi connectivity index (χ4v) is 3.25. The van der Waals surface area contributed by atoms with E-state index >= 15 is 0 Å². The number of halogens is 1. The molecule has 1 fully saturated rings. The fourth-order valence-electron chi connectivity index (χ4n) is 2.79. The lowest BCUT2D eigenvalue weighted by Gasteiger charge is -2.36. The molecule has 116 valence electrons. The number of aliphatic hydroxyl groups is 1. The summed E-state index contributed by atoms with van der Waals surface area (Å²) in [5.74, 6) is 0.687. The van der Waals surface area contributed by atoms with Crippen LogP contribution >= 0.6 is 15.9 Å². The third-order valence-electron chi connectivity index (χ3n) is 4.28. The van der Waals surface area contributed by atoms with E-state index in [1.807, 2.05) is 0 Å². The second kappa shape index (κ2) is 6.70. The number of pyridine rings is 1. The van der Waals surface area contributed by atoms with Crippen LogP contribution in [0.3, 0.4) is 0 Å². The van der Waals surface area contributed by atoms with Crippen LogP contribution in [-0.4, -0.2) is 27.2 Å². The first-order valence-corrected chi connectivity index (χ1v) is 7.98. The van der Waals surface area contributed by atoms with Gasteiger partial charge < -0.3 is 10.4 Å². The minimum Gasteiger partial charge on any atom is -0.388 e. The number of nitro groups is 1. The molecule has 0 saturated heterocycles. The van der Waals surface area contributed by atoms with Gasteiger partial charge >= 0.3 is 5.69 Å². The lowest BCUT2D eigenvalue weighted by molar-refractivity contribution is -0.384. The van der Waals surface area contributed by atoms with Gasteiger partial charge in [0.05, 0.1) is 15.0 Å². The lowest BCUT2D eigenvalue weighted by Crippen LogP contribution is -2.40.